The number of nitrogens with one attached hydrogen (secondary N) is 3. The Balaban J connectivity index is 1.69. The van der Waals surface area contributed by atoms with Crippen LogP contribution in [0, 0.1) is 0 Å². The molecule has 5 heteroatoms. The van der Waals surface area contributed by atoms with Gasteiger partial charge in [-0.05, 0) is 66.8 Å². The van der Waals surface area contributed by atoms with Gasteiger partial charge in [-0.25, -0.2) is 0 Å². The quantitative estimate of drug-likeness (QED) is 0.356. The van der Waals surface area contributed by atoms with Gasteiger partial charge in [-0.15, -0.1) is 0 Å². The molecule has 0 saturated heterocycles. The number of hydrogen-bond donors (Lipinski definition) is 4. The van der Waals surface area contributed by atoms with Crippen LogP contribution in [0.4, 0.5) is 22.7 Å². The number of carbonyl (C=O) groups excluding carboxylic acids is 1. The van der Waals surface area contributed by atoms with E-state index >= 15 is 0 Å². The van der Waals surface area contributed by atoms with E-state index in [1.54, 1.807) is 0 Å². The summed E-state index contributed by atoms with van der Waals surface area (Å²) < 4.78 is 0. The van der Waals surface area contributed by atoms with Gasteiger partial charge in [-0.1, -0.05) is 57.2 Å². The highest BCUT2D eigenvalue weighted by Crippen LogP contribution is 2.30. The van der Waals surface area contributed by atoms with Crippen LogP contribution in [0.15, 0.2) is 72.8 Å². The van der Waals surface area contributed by atoms with E-state index in [2.05, 4.69) is 42.8 Å². The highest BCUT2D eigenvalue weighted by molar-refractivity contribution is 5.97. The van der Waals surface area contributed by atoms with Gasteiger partial charge in [0, 0.05) is 29.3 Å². The summed E-state index contributed by atoms with van der Waals surface area (Å²) >= 11 is 0. The van der Waals surface area contributed by atoms with Crippen LogP contribution in [-0.2, 0) is 16.8 Å². The summed E-state index contributed by atoms with van der Waals surface area (Å²) in [6.45, 7) is 10.6. The van der Waals surface area contributed by atoms with Gasteiger partial charge in [-0.3, -0.25) is 10.1 Å². The predicted molar refractivity (Wildman–Crippen MR) is 135 cm³/mol. The summed E-state index contributed by atoms with van der Waals surface area (Å²) in [5.41, 5.74) is 10.9. The van der Waals surface area contributed by atoms with E-state index in [0.29, 0.717) is 6.54 Å². The lowest BCUT2D eigenvalue weighted by Gasteiger charge is -2.27. The Hall–Kier alpha value is -3.31. The average molecular weight is 431 g/mol. The monoisotopic (exact) mass is 430 g/mol. The number of benzene rings is 3. The third-order valence-corrected chi connectivity index (χ3v) is 5.48. The van der Waals surface area contributed by atoms with E-state index in [9.17, 15) is 4.79 Å². The number of nitrogen functional groups attached to an aromatic ring is 1. The second-order valence-corrected chi connectivity index (χ2v) is 9.63. The van der Waals surface area contributed by atoms with Crippen molar-refractivity contribution in [2.24, 2.45) is 0 Å². The van der Waals surface area contributed by atoms with Gasteiger partial charge in [-0.2, -0.15) is 0 Å². The molecule has 0 atom stereocenters. The summed E-state index contributed by atoms with van der Waals surface area (Å²) in [7, 11) is 0. The molecule has 0 bridgehead atoms. The number of amides is 1. The molecule has 0 radical (unpaired) electrons. The normalized spacial score (nSPS) is 11.8. The summed E-state index contributed by atoms with van der Waals surface area (Å²) in [6, 6.07) is 23.8. The Labute approximate surface area is 191 Å². The largest absolute Gasteiger partial charge is 0.398 e. The van der Waals surface area contributed by atoms with Crippen molar-refractivity contribution in [1.29, 1.82) is 0 Å². The topological polar surface area (TPSA) is 79.2 Å². The zero-order valence-electron chi connectivity index (χ0n) is 19.6. The lowest BCUT2D eigenvalue weighted by atomic mass is 9.85. The van der Waals surface area contributed by atoms with E-state index < -0.39 is 5.54 Å². The first kappa shape index (κ1) is 23.4. The van der Waals surface area contributed by atoms with Crippen molar-refractivity contribution in [2.45, 2.75) is 52.1 Å². The van der Waals surface area contributed by atoms with E-state index in [1.807, 2.05) is 80.6 Å². The number of carbonyl (C=O) groups is 1. The molecule has 0 unspecified atom stereocenters. The zero-order valence-corrected chi connectivity index (χ0v) is 19.6. The fraction of sp³-hybridized carbons (Fsp3) is 0.296. The fourth-order valence-electron chi connectivity index (χ4n) is 3.44. The second kappa shape index (κ2) is 9.45. The van der Waals surface area contributed by atoms with Crippen molar-refractivity contribution in [1.82, 2.24) is 5.32 Å². The van der Waals surface area contributed by atoms with E-state index in [0.717, 1.165) is 33.9 Å². The molecule has 0 saturated carbocycles. The molecule has 0 heterocycles. The van der Waals surface area contributed by atoms with Crippen LogP contribution in [-0.4, -0.2) is 11.4 Å². The molecule has 32 heavy (non-hydrogen) atoms. The van der Waals surface area contributed by atoms with Crippen molar-refractivity contribution in [3.8, 4) is 0 Å². The molecule has 5 nitrogen and oxygen atoms in total. The van der Waals surface area contributed by atoms with E-state index in [-0.39, 0.29) is 11.3 Å². The fourth-order valence-corrected chi connectivity index (χ4v) is 3.44. The number of hydrogen-bond acceptors (Lipinski definition) is 4. The first-order valence-corrected chi connectivity index (χ1v) is 10.9. The lowest BCUT2D eigenvalue weighted by Crippen LogP contribution is -2.49. The Morgan fingerprint density at radius 3 is 2.19 bits per heavy atom. The SMILES string of the molecule is CC(C)(NCc1ccccc1Nc1ccccc1)C(=O)Nc1ccc(N)c(C(C)(C)C)c1. The summed E-state index contributed by atoms with van der Waals surface area (Å²) in [5.74, 6) is -0.101. The third kappa shape index (κ3) is 5.89. The Morgan fingerprint density at radius 1 is 0.844 bits per heavy atom. The molecular weight excluding hydrogens is 396 g/mol. The van der Waals surface area contributed by atoms with Crippen LogP contribution in [0.2, 0.25) is 0 Å². The molecule has 5 N–H and O–H groups in total. The molecule has 0 aliphatic rings. The molecule has 168 valence electrons. The van der Waals surface area contributed by atoms with Crippen LogP contribution >= 0.6 is 0 Å². The third-order valence-electron chi connectivity index (χ3n) is 5.48. The minimum Gasteiger partial charge on any atom is -0.398 e. The Bertz CT molecular complexity index is 1070. The molecule has 0 aromatic heterocycles. The maximum atomic E-state index is 13.1. The van der Waals surface area contributed by atoms with Gasteiger partial charge in [0.05, 0.1) is 5.54 Å². The number of nitrogens with two attached hydrogens (primary N) is 1. The number of anilines is 4. The van der Waals surface area contributed by atoms with E-state index in [4.69, 9.17) is 5.73 Å². The Morgan fingerprint density at radius 2 is 1.50 bits per heavy atom. The molecule has 0 aliphatic carbocycles. The Kier molecular flexibility index (Phi) is 6.90. The maximum Gasteiger partial charge on any atom is 0.244 e. The molecular formula is C27H34N4O. The van der Waals surface area contributed by atoms with Gasteiger partial charge in [0.25, 0.3) is 0 Å². The standard InChI is InChI=1S/C27H34N4O/c1-26(2,3)22-17-21(15-16-23(22)28)31-25(32)27(4,5)29-18-19-11-9-10-14-24(19)30-20-12-7-6-8-13-20/h6-17,29-30H,18,28H2,1-5H3,(H,31,32). The van der Waals surface area contributed by atoms with E-state index in [1.165, 1.54) is 0 Å². The molecule has 0 fully saturated rings. The summed E-state index contributed by atoms with van der Waals surface area (Å²) in [5, 5.41) is 9.89. The summed E-state index contributed by atoms with van der Waals surface area (Å²) in [6.07, 6.45) is 0. The van der Waals surface area contributed by atoms with Gasteiger partial charge in [0.15, 0.2) is 0 Å². The van der Waals surface area contributed by atoms with Crippen LogP contribution < -0.4 is 21.7 Å². The van der Waals surface area contributed by atoms with Gasteiger partial charge < -0.3 is 16.4 Å². The first-order chi connectivity index (χ1) is 15.1. The molecule has 3 aromatic carbocycles. The first-order valence-electron chi connectivity index (χ1n) is 10.9. The highest BCUT2D eigenvalue weighted by atomic mass is 16.2. The molecule has 3 rings (SSSR count). The van der Waals surface area contributed by atoms with Crippen molar-refractivity contribution >= 4 is 28.7 Å². The van der Waals surface area contributed by atoms with Crippen molar-refractivity contribution in [3.05, 3.63) is 83.9 Å². The van der Waals surface area contributed by atoms with Crippen molar-refractivity contribution < 1.29 is 4.79 Å². The highest BCUT2D eigenvalue weighted by Gasteiger charge is 2.28. The smallest absolute Gasteiger partial charge is 0.244 e. The van der Waals surface area contributed by atoms with Crippen LogP contribution in [0.3, 0.4) is 0 Å². The second-order valence-electron chi connectivity index (χ2n) is 9.63. The molecule has 0 aliphatic heterocycles. The van der Waals surface area contributed by atoms with Crippen molar-refractivity contribution in [3.63, 3.8) is 0 Å². The minimum atomic E-state index is -0.775. The molecule has 1 amide bonds. The van der Waals surface area contributed by atoms with Gasteiger partial charge in [0.1, 0.15) is 0 Å². The molecule has 3 aromatic rings. The van der Waals surface area contributed by atoms with Crippen LogP contribution in [0.25, 0.3) is 0 Å². The van der Waals surface area contributed by atoms with Crippen molar-refractivity contribution in [2.75, 3.05) is 16.4 Å². The lowest BCUT2D eigenvalue weighted by molar-refractivity contribution is -0.121. The summed E-state index contributed by atoms with van der Waals surface area (Å²) in [4.78, 5) is 13.1. The van der Waals surface area contributed by atoms with Gasteiger partial charge >= 0.3 is 0 Å². The average Bonchev–Trinajstić information content (AvgIpc) is 2.74. The number of para-hydroxylation sites is 2. The van der Waals surface area contributed by atoms with Crippen LogP contribution in [0.1, 0.15) is 45.7 Å². The maximum absolute atomic E-state index is 13.1. The number of rotatable bonds is 7. The zero-order chi connectivity index (χ0) is 23.4. The predicted octanol–water partition coefficient (Wildman–Crippen LogP) is 5.82. The minimum absolute atomic E-state index is 0.101. The molecule has 0 spiro atoms. The van der Waals surface area contributed by atoms with Gasteiger partial charge in [0.2, 0.25) is 5.91 Å². The van der Waals surface area contributed by atoms with Crippen LogP contribution in [0.5, 0.6) is 0 Å².